The van der Waals surface area contributed by atoms with Crippen molar-refractivity contribution in [1.29, 1.82) is 5.26 Å². The van der Waals surface area contributed by atoms with Crippen LogP contribution in [0.3, 0.4) is 0 Å². The molecule has 9 heteroatoms. The van der Waals surface area contributed by atoms with E-state index in [9.17, 15) is 15.2 Å². The summed E-state index contributed by atoms with van der Waals surface area (Å²) in [7, 11) is 1.52. The van der Waals surface area contributed by atoms with E-state index in [2.05, 4.69) is 31.4 Å². The molecule has 0 atom stereocenters. The number of aromatic hydroxyl groups is 1. The smallest absolute Gasteiger partial charge is 0.278 e. The third-order valence-electron chi connectivity index (χ3n) is 3.38. The van der Waals surface area contributed by atoms with Gasteiger partial charge in [0.25, 0.3) is 5.91 Å². The number of pyridine rings is 1. The third-order valence-corrected chi connectivity index (χ3v) is 4.43. The van der Waals surface area contributed by atoms with Gasteiger partial charge in [-0.3, -0.25) is 4.79 Å². The normalized spacial score (nSPS) is 10.6. The lowest BCUT2D eigenvalue weighted by atomic mass is 10.1. The summed E-state index contributed by atoms with van der Waals surface area (Å²) in [4.78, 5) is 16.1. The molecule has 0 unspecified atom stereocenters. The van der Waals surface area contributed by atoms with Crippen molar-refractivity contribution in [3.8, 4) is 17.7 Å². The van der Waals surface area contributed by atoms with Gasteiger partial charge in [-0.05, 0) is 40.5 Å². The van der Waals surface area contributed by atoms with Crippen molar-refractivity contribution in [2.75, 3.05) is 13.7 Å². The molecule has 0 radical (unpaired) electrons. The zero-order valence-electron chi connectivity index (χ0n) is 14.7. The number of nitrogens with zero attached hydrogens (tertiary/aromatic N) is 3. The zero-order valence-corrected chi connectivity index (χ0v) is 16.3. The Morgan fingerprint density at radius 2 is 2.30 bits per heavy atom. The highest BCUT2D eigenvalue weighted by Crippen LogP contribution is 2.29. The minimum atomic E-state index is -0.522. The fraction of sp³-hybridized carbons (Fsp3) is 0.222. The van der Waals surface area contributed by atoms with Crippen LogP contribution in [-0.2, 0) is 16.1 Å². The molecular weight excluding hydrogens is 416 g/mol. The number of amides is 1. The second-order valence-corrected chi connectivity index (χ2v) is 6.18. The maximum Gasteiger partial charge on any atom is 0.278 e. The fourth-order valence-electron chi connectivity index (χ4n) is 2.16. The van der Waals surface area contributed by atoms with E-state index in [0.29, 0.717) is 21.3 Å². The SMILES string of the molecule is COCc1c(Br)c(C)nc(OCC(=O)N/N=C/c2cccc(O)c2)c1C#N. The predicted molar refractivity (Wildman–Crippen MR) is 101 cm³/mol. The minimum absolute atomic E-state index is 0.0531. The largest absolute Gasteiger partial charge is 0.508 e. The molecule has 1 amide bonds. The molecule has 1 aromatic carbocycles. The molecule has 2 aromatic rings. The number of ether oxygens (including phenoxy) is 2. The molecule has 2 rings (SSSR count). The van der Waals surface area contributed by atoms with E-state index in [1.165, 1.54) is 25.5 Å². The Morgan fingerprint density at radius 1 is 1.52 bits per heavy atom. The number of aromatic nitrogens is 1. The Morgan fingerprint density at radius 3 is 2.96 bits per heavy atom. The number of hydrogen-bond donors (Lipinski definition) is 2. The summed E-state index contributed by atoms with van der Waals surface area (Å²) in [6.07, 6.45) is 1.39. The molecule has 0 fully saturated rings. The number of nitriles is 1. The van der Waals surface area contributed by atoms with E-state index < -0.39 is 5.91 Å². The Labute approximate surface area is 164 Å². The molecule has 0 bridgehead atoms. The van der Waals surface area contributed by atoms with Crippen molar-refractivity contribution in [1.82, 2.24) is 10.4 Å². The van der Waals surface area contributed by atoms with E-state index in [-0.39, 0.29) is 30.4 Å². The summed E-state index contributed by atoms with van der Waals surface area (Å²) in [5, 5.41) is 22.6. The lowest BCUT2D eigenvalue weighted by molar-refractivity contribution is -0.123. The summed E-state index contributed by atoms with van der Waals surface area (Å²) >= 11 is 3.38. The number of carbonyl (C=O) groups is 1. The van der Waals surface area contributed by atoms with Crippen LogP contribution in [-0.4, -0.2) is 35.9 Å². The second-order valence-electron chi connectivity index (χ2n) is 5.39. The number of carbonyl (C=O) groups excluding carboxylic acids is 1. The number of phenols is 1. The van der Waals surface area contributed by atoms with Crippen molar-refractivity contribution in [3.63, 3.8) is 0 Å². The first kappa shape index (κ1) is 20.4. The first-order valence-corrected chi connectivity index (χ1v) is 8.57. The maximum absolute atomic E-state index is 11.9. The molecule has 1 heterocycles. The van der Waals surface area contributed by atoms with Crippen LogP contribution in [0.4, 0.5) is 0 Å². The Bertz CT molecular complexity index is 909. The summed E-state index contributed by atoms with van der Waals surface area (Å²) in [5.41, 5.74) is 4.34. The van der Waals surface area contributed by atoms with E-state index in [0.717, 1.165) is 0 Å². The van der Waals surface area contributed by atoms with Crippen LogP contribution in [0.1, 0.15) is 22.4 Å². The van der Waals surface area contributed by atoms with Crippen LogP contribution in [0.5, 0.6) is 11.6 Å². The van der Waals surface area contributed by atoms with Gasteiger partial charge >= 0.3 is 0 Å². The van der Waals surface area contributed by atoms with Crippen molar-refractivity contribution < 1.29 is 19.4 Å². The van der Waals surface area contributed by atoms with Crippen molar-refractivity contribution in [2.45, 2.75) is 13.5 Å². The first-order chi connectivity index (χ1) is 13.0. The Balaban J connectivity index is 2.03. The quantitative estimate of drug-likeness (QED) is 0.512. The summed E-state index contributed by atoms with van der Waals surface area (Å²) in [5.74, 6) is -0.371. The van der Waals surface area contributed by atoms with Crippen LogP contribution in [0.2, 0.25) is 0 Å². The molecule has 0 aliphatic carbocycles. The lowest BCUT2D eigenvalue weighted by Gasteiger charge is -2.13. The number of hydrazone groups is 1. The number of methoxy groups -OCH3 is 1. The van der Waals surface area contributed by atoms with Crippen LogP contribution < -0.4 is 10.2 Å². The number of benzene rings is 1. The van der Waals surface area contributed by atoms with E-state index in [4.69, 9.17) is 9.47 Å². The molecule has 27 heavy (non-hydrogen) atoms. The predicted octanol–water partition coefficient (Wildman–Crippen LogP) is 2.41. The van der Waals surface area contributed by atoms with Gasteiger partial charge in [0.2, 0.25) is 5.88 Å². The van der Waals surface area contributed by atoms with Gasteiger partial charge in [-0.2, -0.15) is 10.4 Å². The van der Waals surface area contributed by atoms with Crippen LogP contribution in [0, 0.1) is 18.3 Å². The average molecular weight is 433 g/mol. The highest BCUT2D eigenvalue weighted by Gasteiger charge is 2.18. The van der Waals surface area contributed by atoms with Crippen LogP contribution in [0.25, 0.3) is 0 Å². The molecule has 0 spiro atoms. The number of phenolic OH excluding ortho intramolecular Hbond substituents is 1. The molecule has 0 aliphatic heterocycles. The Hall–Kier alpha value is -2.96. The van der Waals surface area contributed by atoms with Crippen LogP contribution in [0.15, 0.2) is 33.8 Å². The van der Waals surface area contributed by atoms with Gasteiger partial charge in [0.1, 0.15) is 17.4 Å². The first-order valence-electron chi connectivity index (χ1n) is 7.78. The second kappa shape index (κ2) is 9.66. The highest BCUT2D eigenvalue weighted by molar-refractivity contribution is 9.10. The number of aryl methyl sites for hydroxylation is 1. The summed E-state index contributed by atoms with van der Waals surface area (Å²) in [6.45, 7) is 1.58. The van der Waals surface area contributed by atoms with Crippen LogP contribution >= 0.6 is 15.9 Å². The lowest BCUT2D eigenvalue weighted by Crippen LogP contribution is -2.25. The van der Waals surface area contributed by atoms with E-state index >= 15 is 0 Å². The van der Waals surface area contributed by atoms with Crippen molar-refractivity contribution >= 4 is 28.1 Å². The number of rotatable bonds is 7. The molecule has 8 nitrogen and oxygen atoms in total. The molecular formula is C18H17BrN4O4. The van der Waals surface area contributed by atoms with Crippen molar-refractivity contribution in [3.05, 3.63) is 51.1 Å². The van der Waals surface area contributed by atoms with Crippen molar-refractivity contribution in [2.24, 2.45) is 5.10 Å². The maximum atomic E-state index is 11.9. The van der Waals surface area contributed by atoms with Gasteiger partial charge in [0.15, 0.2) is 6.61 Å². The molecule has 0 saturated carbocycles. The van der Waals surface area contributed by atoms with Gasteiger partial charge in [0.05, 0.1) is 18.5 Å². The third kappa shape index (κ3) is 5.51. The standard InChI is InChI=1S/C18H17BrN4O4/c1-11-17(19)15(9-26-2)14(7-20)18(22-11)27-10-16(25)23-21-8-12-4-3-5-13(24)6-12/h3-6,8,24H,9-10H2,1-2H3,(H,23,25)/b21-8+. The summed E-state index contributed by atoms with van der Waals surface area (Å²) in [6, 6.07) is 8.43. The highest BCUT2D eigenvalue weighted by atomic mass is 79.9. The zero-order chi connectivity index (χ0) is 19.8. The summed E-state index contributed by atoms with van der Waals surface area (Å²) < 4.78 is 11.2. The fourth-order valence-corrected chi connectivity index (χ4v) is 2.57. The van der Waals surface area contributed by atoms with Gasteiger partial charge < -0.3 is 14.6 Å². The molecule has 0 saturated heterocycles. The van der Waals surface area contributed by atoms with Gasteiger partial charge in [0, 0.05) is 17.1 Å². The molecule has 140 valence electrons. The Kier molecular flexibility index (Phi) is 7.28. The molecule has 1 aromatic heterocycles. The topological polar surface area (TPSA) is 117 Å². The minimum Gasteiger partial charge on any atom is -0.508 e. The van der Waals surface area contributed by atoms with Gasteiger partial charge in [-0.25, -0.2) is 10.4 Å². The molecule has 0 aliphatic rings. The number of halogens is 1. The molecule has 2 N–H and O–H groups in total. The number of nitrogens with one attached hydrogen (secondary N) is 1. The van der Waals surface area contributed by atoms with E-state index in [1.807, 2.05) is 6.07 Å². The number of hydrogen-bond acceptors (Lipinski definition) is 7. The van der Waals surface area contributed by atoms with Gasteiger partial charge in [-0.1, -0.05) is 12.1 Å². The monoisotopic (exact) mass is 432 g/mol. The average Bonchev–Trinajstić information content (AvgIpc) is 2.64. The van der Waals surface area contributed by atoms with E-state index in [1.54, 1.807) is 19.1 Å². The van der Waals surface area contributed by atoms with Gasteiger partial charge in [-0.15, -0.1) is 0 Å².